The van der Waals surface area contributed by atoms with E-state index in [4.69, 9.17) is 14.8 Å². The lowest BCUT2D eigenvalue weighted by atomic mass is 10.0. The normalized spacial score (nSPS) is 13.4. The smallest absolute Gasteiger partial charge is 0.213 e. The molecule has 0 aromatic carbocycles. The van der Waals surface area contributed by atoms with E-state index in [2.05, 4.69) is 38.0 Å². The summed E-state index contributed by atoms with van der Waals surface area (Å²) in [7, 11) is 1.64. The van der Waals surface area contributed by atoms with Crippen LogP contribution in [-0.2, 0) is 12.8 Å². The van der Waals surface area contributed by atoms with Crippen LogP contribution in [0.25, 0.3) is 16.8 Å². The standard InChI is InChI=1S/C22H29N5O/c1-6-15(7-2)24-21-16-9-8-10-18(16)25-22-20(14(4)26-27(21)22)17-12-23-19(28-5)11-13(17)3/h11-12,15,24H,6-10H2,1-5H3. The van der Waals surface area contributed by atoms with Crippen molar-refractivity contribution in [3.63, 3.8) is 0 Å². The molecule has 0 amide bonds. The molecule has 6 heteroatoms. The molecule has 3 aromatic rings. The van der Waals surface area contributed by atoms with Crippen LogP contribution >= 0.6 is 0 Å². The Balaban J connectivity index is 1.94. The molecule has 0 fully saturated rings. The van der Waals surface area contributed by atoms with Crippen molar-refractivity contribution in [3.05, 3.63) is 34.8 Å². The second kappa shape index (κ2) is 7.41. The number of rotatable bonds is 6. The Morgan fingerprint density at radius 1 is 1.21 bits per heavy atom. The van der Waals surface area contributed by atoms with Gasteiger partial charge < -0.3 is 10.1 Å². The minimum absolute atomic E-state index is 0.438. The van der Waals surface area contributed by atoms with Crippen molar-refractivity contribution in [1.29, 1.82) is 0 Å². The molecule has 6 nitrogen and oxygen atoms in total. The molecule has 0 radical (unpaired) electrons. The maximum Gasteiger partial charge on any atom is 0.213 e. The van der Waals surface area contributed by atoms with Crippen molar-refractivity contribution in [2.75, 3.05) is 12.4 Å². The predicted octanol–water partition coefficient (Wildman–Crippen LogP) is 4.51. The molecule has 1 N–H and O–H groups in total. The molecule has 28 heavy (non-hydrogen) atoms. The first-order chi connectivity index (χ1) is 13.6. The van der Waals surface area contributed by atoms with Crippen LogP contribution in [0, 0.1) is 13.8 Å². The maximum atomic E-state index is 5.28. The van der Waals surface area contributed by atoms with Gasteiger partial charge in [-0.25, -0.2) is 9.97 Å². The van der Waals surface area contributed by atoms with Gasteiger partial charge in [0.25, 0.3) is 0 Å². The number of ether oxygens (including phenoxy) is 1. The number of hydrogen-bond acceptors (Lipinski definition) is 5. The summed E-state index contributed by atoms with van der Waals surface area (Å²) in [6, 6.07) is 2.40. The average Bonchev–Trinajstić information content (AvgIpc) is 3.29. The highest BCUT2D eigenvalue weighted by Gasteiger charge is 2.25. The van der Waals surface area contributed by atoms with Gasteiger partial charge in [-0.3, -0.25) is 0 Å². The zero-order chi connectivity index (χ0) is 19.8. The van der Waals surface area contributed by atoms with E-state index in [0.29, 0.717) is 11.9 Å². The largest absolute Gasteiger partial charge is 0.481 e. The molecule has 4 rings (SSSR count). The molecule has 0 aliphatic heterocycles. The number of nitrogens with one attached hydrogen (secondary N) is 1. The molecule has 0 saturated heterocycles. The van der Waals surface area contributed by atoms with Gasteiger partial charge in [0.1, 0.15) is 5.82 Å². The van der Waals surface area contributed by atoms with Crippen LogP contribution in [-0.4, -0.2) is 32.7 Å². The molecule has 3 aromatic heterocycles. The van der Waals surface area contributed by atoms with Crippen LogP contribution < -0.4 is 10.1 Å². The van der Waals surface area contributed by atoms with Gasteiger partial charge in [-0.1, -0.05) is 13.8 Å². The fraction of sp³-hybridized carbons (Fsp3) is 0.500. The highest BCUT2D eigenvalue weighted by atomic mass is 16.5. The van der Waals surface area contributed by atoms with Crippen LogP contribution in [0.4, 0.5) is 5.82 Å². The third-order valence-corrected chi connectivity index (χ3v) is 5.85. The summed E-state index contributed by atoms with van der Waals surface area (Å²) in [6.07, 6.45) is 7.31. The summed E-state index contributed by atoms with van der Waals surface area (Å²) in [5.41, 5.74) is 7.67. The van der Waals surface area contributed by atoms with Crippen LogP contribution in [0.2, 0.25) is 0 Å². The molecule has 1 aliphatic carbocycles. The third kappa shape index (κ3) is 3.01. The van der Waals surface area contributed by atoms with Gasteiger partial charge in [0.15, 0.2) is 5.65 Å². The molecule has 0 bridgehead atoms. The molecule has 3 heterocycles. The van der Waals surface area contributed by atoms with Crippen molar-refractivity contribution < 1.29 is 4.74 Å². The van der Waals surface area contributed by atoms with Crippen LogP contribution in [0.5, 0.6) is 5.88 Å². The minimum atomic E-state index is 0.438. The van der Waals surface area contributed by atoms with Gasteiger partial charge in [0, 0.05) is 35.1 Å². The lowest BCUT2D eigenvalue weighted by molar-refractivity contribution is 0.397. The van der Waals surface area contributed by atoms with E-state index >= 15 is 0 Å². The lowest BCUT2D eigenvalue weighted by Gasteiger charge is -2.19. The minimum Gasteiger partial charge on any atom is -0.481 e. The number of fused-ring (bicyclic) bond motifs is 2. The lowest BCUT2D eigenvalue weighted by Crippen LogP contribution is -2.21. The van der Waals surface area contributed by atoms with Crippen molar-refractivity contribution in [2.24, 2.45) is 0 Å². The number of methoxy groups -OCH3 is 1. The Morgan fingerprint density at radius 3 is 2.68 bits per heavy atom. The summed E-state index contributed by atoms with van der Waals surface area (Å²) in [5, 5.41) is 8.68. The van der Waals surface area contributed by atoms with E-state index in [1.165, 1.54) is 11.3 Å². The van der Waals surface area contributed by atoms with Gasteiger partial charge in [0.2, 0.25) is 5.88 Å². The monoisotopic (exact) mass is 379 g/mol. The van der Waals surface area contributed by atoms with Gasteiger partial charge in [-0.15, -0.1) is 0 Å². The van der Waals surface area contributed by atoms with E-state index in [0.717, 1.165) is 66.0 Å². The molecular weight excluding hydrogens is 350 g/mol. The molecule has 0 unspecified atom stereocenters. The van der Waals surface area contributed by atoms with Gasteiger partial charge in [-0.2, -0.15) is 9.61 Å². The summed E-state index contributed by atoms with van der Waals surface area (Å²) in [4.78, 5) is 9.49. The Morgan fingerprint density at radius 2 is 2.00 bits per heavy atom. The first kappa shape index (κ1) is 18.7. The number of aromatic nitrogens is 4. The van der Waals surface area contributed by atoms with Gasteiger partial charge in [0.05, 0.1) is 18.4 Å². The Hall–Kier alpha value is -2.63. The Kier molecular flexibility index (Phi) is 4.96. The molecule has 0 spiro atoms. The van der Waals surface area contributed by atoms with Crippen LogP contribution in [0.15, 0.2) is 12.3 Å². The van der Waals surface area contributed by atoms with E-state index in [9.17, 15) is 0 Å². The van der Waals surface area contributed by atoms with Crippen molar-refractivity contribution >= 4 is 11.5 Å². The van der Waals surface area contributed by atoms with Crippen LogP contribution in [0.3, 0.4) is 0 Å². The molecule has 1 aliphatic rings. The number of aryl methyl sites for hydroxylation is 3. The zero-order valence-corrected chi connectivity index (χ0v) is 17.5. The van der Waals surface area contributed by atoms with Gasteiger partial charge in [-0.05, 0) is 51.5 Å². The van der Waals surface area contributed by atoms with E-state index in [1.54, 1.807) is 7.11 Å². The van der Waals surface area contributed by atoms with Crippen molar-refractivity contribution in [1.82, 2.24) is 19.6 Å². The van der Waals surface area contributed by atoms with E-state index < -0.39 is 0 Å². The molecule has 148 valence electrons. The average molecular weight is 380 g/mol. The fourth-order valence-corrected chi connectivity index (χ4v) is 4.19. The maximum absolute atomic E-state index is 5.28. The predicted molar refractivity (Wildman–Crippen MR) is 112 cm³/mol. The van der Waals surface area contributed by atoms with Gasteiger partial charge >= 0.3 is 0 Å². The van der Waals surface area contributed by atoms with E-state index in [-0.39, 0.29) is 0 Å². The first-order valence-corrected chi connectivity index (χ1v) is 10.3. The summed E-state index contributed by atoms with van der Waals surface area (Å²) in [6.45, 7) is 8.59. The summed E-state index contributed by atoms with van der Waals surface area (Å²) >= 11 is 0. The zero-order valence-electron chi connectivity index (χ0n) is 17.5. The number of nitrogens with zero attached hydrogens (tertiary/aromatic N) is 4. The Labute approximate surface area is 166 Å². The quantitative estimate of drug-likeness (QED) is 0.683. The molecule has 0 atom stereocenters. The summed E-state index contributed by atoms with van der Waals surface area (Å²) in [5.74, 6) is 1.75. The number of hydrogen-bond donors (Lipinski definition) is 1. The van der Waals surface area contributed by atoms with Crippen LogP contribution in [0.1, 0.15) is 55.6 Å². The number of anilines is 1. The summed E-state index contributed by atoms with van der Waals surface area (Å²) < 4.78 is 7.30. The second-order valence-electron chi connectivity index (χ2n) is 7.63. The SMILES string of the molecule is CCC(CC)Nc1c2c(nc3c(-c4cnc(OC)cc4C)c(C)nn13)CCC2. The third-order valence-electron chi connectivity index (χ3n) is 5.85. The first-order valence-electron chi connectivity index (χ1n) is 10.3. The topological polar surface area (TPSA) is 64.3 Å². The second-order valence-corrected chi connectivity index (χ2v) is 7.63. The highest BCUT2D eigenvalue weighted by molar-refractivity contribution is 5.83. The highest BCUT2D eigenvalue weighted by Crippen LogP contribution is 2.36. The van der Waals surface area contributed by atoms with E-state index in [1.807, 2.05) is 16.8 Å². The Bertz CT molecular complexity index is 1020. The number of pyridine rings is 1. The molecular formula is C22H29N5O. The molecule has 0 saturated carbocycles. The van der Waals surface area contributed by atoms with Crippen molar-refractivity contribution in [2.45, 2.75) is 65.8 Å². The van der Waals surface area contributed by atoms with Crippen molar-refractivity contribution in [3.8, 4) is 17.0 Å². The fourth-order valence-electron chi connectivity index (χ4n) is 4.19.